The molecule has 2 nitrogen and oxygen atoms in total. The maximum absolute atomic E-state index is 9.61. The van der Waals surface area contributed by atoms with E-state index in [-0.39, 0.29) is 6.10 Å². The number of ether oxygens (including phenoxy) is 1. The van der Waals surface area contributed by atoms with Crippen molar-refractivity contribution in [2.24, 2.45) is 0 Å². The molecule has 0 radical (unpaired) electrons. The van der Waals surface area contributed by atoms with Crippen LogP contribution < -0.4 is 4.74 Å². The standard InChI is InChI=1S/C13H16O2/c1-4-5-13(14)11-6-8-12(9-7-11)15-10(2)3/h1,6-10,13-14H,5H2,2-3H3. The van der Waals surface area contributed by atoms with E-state index in [0.717, 1.165) is 11.3 Å². The smallest absolute Gasteiger partial charge is 0.119 e. The molecule has 0 fully saturated rings. The lowest BCUT2D eigenvalue weighted by Gasteiger charge is -2.11. The first kappa shape index (κ1) is 11.6. The fourth-order valence-corrected chi connectivity index (χ4v) is 1.27. The highest BCUT2D eigenvalue weighted by Gasteiger charge is 2.05. The van der Waals surface area contributed by atoms with Crippen molar-refractivity contribution >= 4 is 0 Å². The van der Waals surface area contributed by atoms with Crippen LogP contribution in [0.1, 0.15) is 31.9 Å². The number of hydrogen-bond donors (Lipinski definition) is 1. The van der Waals surface area contributed by atoms with Crippen molar-refractivity contribution in [1.29, 1.82) is 0 Å². The van der Waals surface area contributed by atoms with Gasteiger partial charge in [0.2, 0.25) is 0 Å². The summed E-state index contributed by atoms with van der Waals surface area (Å²) in [6, 6.07) is 7.35. The van der Waals surface area contributed by atoms with Gasteiger partial charge in [-0.25, -0.2) is 0 Å². The first-order valence-corrected chi connectivity index (χ1v) is 5.01. The highest BCUT2D eigenvalue weighted by atomic mass is 16.5. The zero-order valence-electron chi connectivity index (χ0n) is 9.10. The molecule has 15 heavy (non-hydrogen) atoms. The molecule has 0 spiro atoms. The van der Waals surface area contributed by atoms with E-state index in [1.54, 1.807) is 0 Å². The molecule has 0 saturated heterocycles. The third-order valence-electron chi connectivity index (χ3n) is 1.95. The lowest BCUT2D eigenvalue weighted by Crippen LogP contribution is -2.05. The number of rotatable bonds is 4. The summed E-state index contributed by atoms with van der Waals surface area (Å²) in [4.78, 5) is 0. The van der Waals surface area contributed by atoms with Crippen LogP contribution in [-0.4, -0.2) is 11.2 Å². The van der Waals surface area contributed by atoms with Gasteiger partial charge in [-0.15, -0.1) is 12.3 Å². The van der Waals surface area contributed by atoms with Crippen molar-refractivity contribution in [3.8, 4) is 18.1 Å². The molecule has 1 rings (SSSR count). The highest BCUT2D eigenvalue weighted by Crippen LogP contribution is 2.20. The van der Waals surface area contributed by atoms with Crippen molar-refractivity contribution in [3.63, 3.8) is 0 Å². The predicted octanol–water partition coefficient (Wildman–Crippen LogP) is 2.53. The molecule has 0 aliphatic rings. The Kier molecular flexibility index (Phi) is 4.20. The number of aliphatic hydroxyl groups is 1. The highest BCUT2D eigenvalue weighted by molar-refractivity contribution is 5.29. The predicted molar refractivity (Wildman–Crippen MR) is 60.6 cm³/mol. The molecule has 0 aromatic heterocycles. The Morgan fingerprint density at radius 3 is 2.40 bits per heavy atom. The molecule has 1 unspecified atom stereocenters. The molecule has 1 aromatic rings. The molecule has 1 N–H and O–H groups in total. The van der Waals surface area contributed by atoms with Gasteiger partial charge in [-0.1, -0.05) is 12.1 Å². The summed E-state index contributed by atoms with van der Waals surface area (Å²) in [5, 5.41) is 9.61. The first-order chi connectivity index (χ1) is 7.13. The van der Waals surface area contributed by atoms with Crippen LogP contribution in [0.5, 0.6) is 5.75 Å². The van der Waals surface area contributed by atoms with Crippen molar-refractivity contribution in [1.82, 2.24) is 0 Å². The summed E-state index contributed by atoms with van der Waals surface area (Å²) >= 11 is 0. The Morgan fingerprint density at radius 1 is 1.33 bits per heavy atom. The van der Waals surface area contributed by atoms with Gasteiger partial charge in [-0.05, 0) is 31.5 Å². The van der Waals surface area contributed by atoms with Crippen molar-refractivity contribution in [2.45, 2.75) is 32.5 Å². The monoisotopic (exact) mass is 204 g/mol. The minimum absolute atomic E-state index is 0.159. The lowest BCUT2D eigenvalue weighted by atomic mass is 10.1. The van der Waals surface area contributed by atoms with E-state index < -0.39 is 6.10 Å². The van der Waals surface area contributed by atoms with Crippen LogP contribution in [-0.2, 0) is 0 Å². The Labute approximate surface area is 90.9 Å². The van der Waals surface area contributed by atoms with E-state index in [9.17, 15) is 5.11 Å². The summed E-state index contributed by atoms with van der Waals surface area (Å²) in [7, 11) is 0. The van der Waals surface area contributed by atoms with Crippen LogP contribution in [0.25, 0.3) is 0 Å². The third kappa shape index (κ3) is 3.65. The molecule has 1 aromatic carbocycles. The van der Waals surface area contributed by atoms with Gasteiger partial charge in [-0.3, -0.25) is 0 Å². The topological polar surface area (TPSA) is 29.5 Å². The van der Waals surface area contributed by atoms with Gasteiger partial charge in [0.15, 0.2) is 0 Å². The van der Waals surface area contributed by atoms with Gasteiger partial charge in [0.1, 0.15) is 5.75 Å². The van der Waals surface area contributed by atoms with E-state index in [4.69, 9.17) is 11.2 Å². The van der Waals surface area contributed by atoms with Crippen LogP contribution in [0.4, 0.5) is 0 Å². The summed E-state index contributed by atoms with van der Waals surface area (Å²) in [6.07, 6.45) is 5.04. The Hall–Kier alpha value is -1.46. The van der Waals surface area contributed by atoms with Crippen molar-refractivity contribution < 1.29 is 9.84 Å². The molecular weight excluding hydrogens is 188 g/mol. The van der Waals surface area contributed by atoms with Crippen LogP contribution in [0.2, 0.25) is 0 Å². The van der Waals surface area contributed by atoms with E-state index in [0.29, 0.717) is 6.42 Å². The minimum atomic E-state index is -0.580. The zero-order chi connectivity index (χ0) is 11.3. The van der Waals surface area contributed by atoms with E-state index >= 15 is 0 Å². The molecule has 2 heteroatoms. The maximum Gasteiger partial charge on any atom is 0.119 e. The van der Waals surface area contributed by atoms with Crippen LogP contribution in [0.15, 0.2) is 24.3 Å². The molecular formula is C13H16O2. The molecule has 0 aliphatic carbocycles. The molecule has 80 valence electrons. The second kappa shape index (κ2) is 5.43. The van der Waals surface area contributed by atoms with Crippen LogP contribution >= 0.6 is 0 Å². The van der Waals surface area contributed by atoms with Crippen LogP contribution in [0, 0.1) is 12.3 Å². The van der Waals surface area contributed by atoms with E-state index in [1.165, 1.54) is 0 Å². The third-order valence-corrected chi connectivity index (χ3v) is 1.95. The summed E-state index contributed by atoms with van der Waals surface area (Å²) in [5.41, 5.74) is 0.823. The van der Waals surface area contributed by atoms with E-state index in [2.05, 4.69) is 5.92 Å². The lowest BCUT2D eigenvalue weighted by molar-refractivity contribution is 0.183. The molecule has 0 amide bonds. The van der Waals surface area contributed by atoms with Gasteiger partial charge >= 0.3 is 0 Å². The molecule has 0 bridgehead atoms. The second-order valence-electron chi connectivity index (χ2n) is 3.66. The minimum Gasteiger partial charge on any atom is -0.491 e. The number of benzene rings is 1. The van der Waals surface area contributed by atoms with Gasteiger partial charge in [0.05, 0.1) is 12.2 Å². The molecule has 1 atom stereocenters. The summed E-state index contributed by atoms with van der Waals surface area (Å²) in [6.45, 7) is 3.95. The quantitative estimate of drug-likeness (QED) is 0.764. The van der Waals surface area contributed by atoms with Crippen molar-refractivity contribution in [3.05, 3.63) is 29.8 Å². The van der Waals surface area contributed by atoms with E-state index in [1.807, 2.05) is 38.1 Å². The average Bonchev–Trinajstić information content (AvgIpc) is 2.18. The fourth-order valence-electron chi connectivity index (χ4n) is 1.27. The first-order valence-electron chi connectivity index (χ1n) is 5.01. The largest absolute Gasteiger partial charge is 0.491 e. The second-order valence-corrected chi connectivity index (χ2v) is 3.66. The number of hydrogen-bond acceptors (Lipinski definition) is 2. The Bertz CT molecular complexity index is 333. The maximum atomic E-state index is 9.61. The Morgan fingerprint density at radius 2 is 1.93 bits per heavy atom. The molecule has 0 saturated carbocycles. The fraction of sp³-hybridized carbons (Fsp3) is 0.385. The number of aliphatic hydroxyl groups excluding tert-OH is 1. The summed E-state index contributed by atoms with van der Waals surface area (Å²) < 4.78 is 5.49. The van der Waals surface area contributed by atoms with Gasteiger partial charge < -0.3 is 9.84 Å². The van der Waals surface area contributed by atoms with Crippen LogP contribution in [0.3, 0.4) is 0 Å². The molecule has 0 aliphatic heterocycles. The van der Waals surface area contributed by atoms with Gasteiger partial charge in [0.25, 0.3) is 0 Å². The SMILES string of the molecule is C#CCC(O)c1ccc(OC(C)C)cc1. The normalized spacial score (nSPS) is 12.2. The number of terminal acetylenes is 1. The van der Waals surface area contributed by atoms with Gasteiger partial charge in [-0.2, -0.15) is 0 Å². The van der Waals surface area contributed by atoms with Crippen molar-refractivity contribution in [2.75, 3.05) is 0 Å². The Balaban J connectivity index is 2.68. The average molecular weight is 204 g/mol. The van der Waals surface area contributed by atoms with Gasteiger partial charge in [0, 0.05) is 6.42 Å². The zero-order valence-corrected chi connectivity index (χ0v) is 9.10. The summed E-state index contributed by atoms with van der Waals surface area (Å²) in [5.74, 6) is 3.24. The molecule has 0 heterocycles.